The maximum Gasteiger partial charge on any atom is 0.0117 e. The van der Waals surface area contributed by atoms with E-state index in [1.54, 1.807) is 0 Å². The third-order valence-corrected chi connectivity index (χ3v) is 0.553. The van der Waals surface area contributed by atoms with Gasteiger partial charge in [0.15, 0.2) is 0 Å². The SMILES string of the molecule is BrC#CC#CBr. The fraction of sp³-hybridized carbons (Fsp3) is 0. The first-order valence-electron chi connectivity index (χ1n) is 1.13. The van der Waals surface area contributed by atoms with Crippen molar-refractivity contribution in [1.82, 2.24) is 0 Å². The number of hydrogen-bond donors (Lipinski definition) is 0. The van der Waals surface area contributed by atoms with Crippen LogP contribution in [0.5, 0.6) is 0 Å². The predicted octanol–water partition coefficient (Wildman–Crippen LogP) is 1.70. The lowest BCUT2D eigenvalue weighted by atomic mass is 10.7. The van der Waals surface area contributed by atoms with Gasteiger partial charge in [0.25, 0.3) is 0 Å². The Bertz CT molecular complexity index is 109. The van der Waals surface area contributed by atoms with Crippen LogP contribution in [0.15, 0.2) is 0 Å². The molecule has 0 aromatic carbocycles. The van der Waals surface area contributed by atoms with Gasteiger partial charge in [-0.3, -0.25) is 0 Å². The lowest BCUT2D eigenvalue weighted by Crippen LogP contribution is -1.36. The second-order valence-corrected chi connectivity index (χ2v) is 1.23. The molecule has 0 aliphatic carbocycles. The van der Waals surface area contributed by atoms with Crippen molar-refractivity contribution in [3.05, 3.63) is 0 Å². The van der Waals surface area contributed by atoms with E-state index in [0.29, 0.717) is 0 Å². The highest BCUT2D eigenvalue weighted by molar-refractivity contribution is 9.12. The first kappa shape index (κ1) is 6.08. The monoisotopic (exact) mass is 206 g/mol. The Morgan fingerprint density at radius 1 is 0.833 bits per heavy atom. The van der Waals surface area contributed by atoms with E-state index in [1.165, 1.54) is 0 Å². The molecule has 2 heteroatoms. The Balaban J connectivity index is 3.43. The summed E-state index contributed by atoms with van der Waals surface area (Å²) in [6, 6.07) is 0. The van der Waals surface area contributed by atoms with Gasteiger partial charge in [-0.15, -0.1) is 0 Å². The standard InChI is InChI=1S/C4Br2/c5-3-1-2-4-6. The first-order chi connectivity index (χ1) is 2.91. The Kier molecular flexibility index (Phi) is 5.15. The minimum Gasteiger partial charge on any atom is -0.00984 e. The molecule has 0 radical (unpaired) electrons. The average Bonchev–Trinajstić information content (AvgIpc) is 1.61. The zero-order valence-electron chi connectivity index (χ0n) is 2.76. The molecular formula is C4Br2. The van der Waals surface area contributed by atoms with Crippen LogP contribution in [0.4, 0.5) is 0 Å². The van der Waals surface area contributed by atoms with Gasteiger partial charge in [-0.05, 0) is 21.5 Å². The lowest BCUT2D eigenvalue weighted by molar-refractivity contribution is 2.60. The molecule has 0 fully saturated rings. The van der Waals surface area contributed by atoms with Crippen molar-refractivity contribution in [2.45, 2.75) is 0 Å². The van der Waals surface area contributed by atoms with Crippen LogP contribution < -0.4 is 0 Å². The van der Waals surface area contributed by atoms with Crippen LogP contribution in [-0.4, -0.2) is 0 Å². The van der Waals surface area contributed by atoms with Crippen molar-refractivity contribution in [2.75, 3.05) is 0 Å². The molecule has 0 bridgehead atoms. The van der Waals surface area contributed by atoms with Gasteiger partial charge in [0, 0.05) is 31.9 Å². The van der Waals surface area contributed by atoms with E-state index >= 15 is 0 Å². The predicted molar refractivity (Wildman–Crippen MR) is 33.4 cm³/mol. The molecule has 0 aromatic rings. The summed E-state index contributed by atoms with van der Waals surface area (Å²) in [6.07, 6.45) is 0. The molecule has 0 unspecified atom stereocenters. The van der Waals surface area contributed by atoms with Crippen LogP contribution >= 0.6 is 31.9 Å². The summed E-state index contributed by atoms with van der Waals surface area (Å²) < 4.78 is 0. The molecule has 30 valence electrons. The summed E-state index contributed by atoms with van der Waals surface area (Å²) in [5.41, 5.74) is 0. The van der Waals surface area contributed by atoms with E-state index in [4.69, 9.17) is 0 Å². The minimum absolute atomic E-state index is 2.43. The summed E-state index contributed by atoms with van der Waals surface area (Å²) in [4.78, 5) is 4.86. The Morgan fingerprint density at radius 3 is 1.33 bits per heavy atom. The van der Waals surface area contributed by atoms with Gasteiger partial charge in [-0.1, -0.05) is 0 Å². The first-order valence-corrected chi connectivity index (χ1v) is 2.71. The van der Waals surface area contributed by atoms with Crippen LogP contribution in [0.1, 0.15) is 0 Å². The molecule has 0 atom stereocenters. The van der Waals surface area contributed by atoms with Gasteiger partial charge in [0.05, 0.1) is 0 Å². The van der Waals surface area contributed by atoms with Gasteiger partial charge < -0.3 is 0 Å². The average molecular weight is 208 g/mol. The van der Waals surface area contributed by atoms with E-state index in [9.17, 15) is 0 Å². The summed E-state index contributed by atoms with van der Waals surface area (Å²) in [6.45, 7) is 0. The molecule has 0 aliphatic heterocycles. The van der Waals surface area contributed by atoms with Crippen LogP contribution in [0.2, 0.25) is 0 Å². The third-order valence-electron chi connectivity index (χ3n) is 0.157. The van der Waals surface area contributed by atoms with Gasteiger partial charge in [-0.25, -0.2) is 0 Å². The Hall–Kier alpha value is 0.0800. The molecule has 6 heavy (non-hydrogen) atoms. The van der Waals surface area contributed by atoms with Gasteiger partial charge in [0.1, 0.15) is 0 Å². The van der Waals surface area contributed by atoms with Crippen LogP contribution in [0, 0.1) is 21.5 Å². The number of halogens is 2. The molecule has 0 nitrogen and oxygen atoms in total. The third kappa shape index (κ3) is 4.08. The van der Waals surface area contributed by atoms with E-state index in [2.05, 4.69) is 53.4 Å². The van der Waals surface area contributed by atoms with E-state index < -0.39 is 0 Å². The zero-order chi connectivity index (χ0) is 4.83. The highest BCUT2D eigenvalue weighted by Crippen LogP contribution is 1.69. The maximum atomic E-state index is 2.87. The van der Waals surface area contributed by atoms with Crippen LogP contribution in [0.25, 0.3) is 0 Å². The molecule has 0 aliphatic rings. The molecule has 0 amide bonds. The quantitative estimate of drug-likeness (QED) is 0.531. The minimum atomic E-state index is 2.43. The van der Waals surface area contributed by atoms with E-state index in [0.717, 1.165) is 0 Å². The topological polar surface area (TPSA) is 0 Å². The smallest absolute Gasteiger partial charge is 0.00984 e. The molecule has 0 saturated heterocycles. The molecule has 0 heterocycles. The second kappa shape index (κ2) is 5.08. The van der Waals surface area contributed by atoms with Crippen molar-refractivity contribution in [2.24, 2.45) is 0 Å². The Morgan fingerprint density at radius 2 is 1.17 bits per heavy atom. The van der Waals surface area contributed by atoms with Gasteiger partial charge in [0.2, 0.25) is 0 Å². The molecule has 0 saturated carbocycles. The fourth-order valence-electron chi connectivity index (χ4n) is 0.0472. The zero-order valence-corrected chi connectivity index (χ0v) is 5.93. The molecular weight excluding hydrogens is 208 g/mol. The highest BCUT2D eigenvalue weighted by Gasteiger charge is 1.44. The van der Waals surface area contributed by atoms with Gasteiger partial charge in [-0.2, -0.15) is 0 Å². The van der Waals surface area contributed by atoms with Crippen molar-refractivity contribution >= 4 is 31.9 Å². The number of hydrogen-bond acceptors (Lipinski definition) is 0. The summed E-state index contributed by atoms with van der Waals surface area (Å²) in [7, 11) is 0. The fourth-order valence-corrected chi connectivity index (χ4v) is 0.245. The van der Waals surface area contributed by atoms with Crippen LogP contribution in [0.3, 0.4) is 0 Å². The lowest BCUT2D eigenvalue weighted by Gasteiger charge is -1.45. The van der Waals surface area contributed by atoms with Crippen LogP contribution in [-0.2, 0) is 0 Å². The normalized spacial score (nSPS) is 3.67. The van der Waals surface area contributed by atoms with Crippen molar-refractivity contribution in [3.8, 4) is 21.5 Å². The molecule has 0 spiro atoms. The molecule has 0 rings (SSSR count). The van der Waals surface area contributed by atoms with E-state index in [1.807, 2.05) is 0 Å². The summed E-state index contributed by atoms with van der Waals surface area (Å²) in [5, 5.41) is 0. The largest absolute Gasteiger partial charge is 0.0117 e. The van der Waals surface area contributed by atoms with Crippen molar-refractivity contribution in [1.29, 1.82) is 0 Å². The second-order valence-electron chi connectivity index (χ2n) is 0.439. The summed E-state index contributed by atoms with van der Waals surface area (Å²) in [5.74, 6) is 4.91. The van der Waals surface area contributed by atoms with E-state index in [-0.39, 0.29) is 0 Å². The number of rotatable bonds is 0. The van der Waals surface area contributed by atoms with Gasteiger partial charge >= 0.3 is 0 Å². The van der Waals surface area contributed by atoms with Crippen molar-refractivity contribution in [3.63, 3.8) is 0 Å². The molecule has 0 aromatic heterocycles. The van der Waals surface area contributed by atoms with Crippen molar-refractivity contribution < 1.29 is 0 Å². The molecule has 0 N–H and O–H groups in total. The highest BCUT2D eigenvalue weighted by atomic mass is 79.9. The Labute approximate surface area is 53.6 Å². The maximum absolute atomic E-state index is 2.87. The summed E-state index contributed by atoms with van der Waals surface area (Å²) >= 11 is 5.73.